The number of rotatable bonds is 7. The van der Waals surface area contributed by atoms with Gasteiger partial charge in [0.05, 0.1) is 5.92 Å². The van der Waals surface area contributed by atoms with Gasteiger partial charge in [0.2, 0.25) is 5.60 Å². The fourth-order valence-corrected chi connectivity index (χ4v) is 5.19. The summed E-state index contributed by atoms with van der Waals surface area (Å²) in [4.78, 5) is 0. The van der Waals surface area contributed by atoms with Gasteiger partial charge in [-0.2, -0.15) is 10.5 Å². The Balaban J connectivity index is 2.91. The fourth-order valence-electron chi connectivity index (χ4n) is 3.87. The highest BCUT2D eigenvalue weighted by atomic mass is 28.4. The highest BCUT2D eigenvalue weighted by molar-refractivity contribution is 6.74. The average Bonchev–Trinajstić information content (AvgIpc) is 2.73. The van der Waals surface area contributed by atoms with Gasteiger partial charge >= 0.3 is 0 Å². The molecule has 0 aliphatic heterocycles. The zero-order chi connectivity index (χ0) is 25.2. The number of nitrogens with zero attached hydrogens (tertiary/aromatic N) is 2. The van der Waals surface area contributed by atoms with Gasteiger partial charge in [-0.3, -0.25) is 0 Å². The van der Waals surface area contributed by atoms with Gasteiger partial charge in [-0.1, -0.05) is 90.9 Å². The lowest BCUT2D eigenvalue weighted by molar-refractivity contribution is 0.147. The molecule has 2 rings (SSSR count). The number of hydrogen-bond acceptors (Lipinski definition) is 4. The molecule has 0 radical (unpaired) electrons. The maximum atomic E-state index is 11.0. The number of benzene rings is 2. The van der Waals surface area contributed by atoms with Crippen molar-refractivity contribution in [1.82, 2.24) is 0 Å². The van der Waals surface area contributed by atoms with Gasteiger partial charge in [-0.15, -0.1) is 0 Å². The Morgan fingerprint density at radius 1 is 0.848 bits per heavy atom. The fraction of sp³-hybridized carbons (Fsp3) is 0.500. The van der Waals surface area contributed by atoms with E-state index in [1.165, 1.54) is 0 Å². The maximum absolute atomic E-state index is 11.0. The first kappa shape index (κ1) is 26.6. The Morgan fingerprint density at radius 2 is 1.30 bits per heavy atom. The number of hydrogen-bond donors (Lipinski definition) is 1. The van der Waals surface area contributed by atoms with Crippen LogP contribution in [0.2, 0.25) is 18.1 Å². The van der Waals surface area contributed by atoms with Crippen molar-refractivity contribution >= 4 is 8.32 Å². The third kappa shape index (κ3) is 5.32. The molecular formula is C28H38N2O2Si. The van der Waals surface area contributed by atoms with E-state index < -0.39 is 19.8 Å². The van der Waals surface area contributed by atoms with E-state index >= 15 is 0 Å². The van der Waals surface area contributed by atoms with E-state index in [0.717, 1.165) is 22.3 Å². The molecular weight excluding hydrogens is 424 g/mol. The van der Waals surface area contributed by atoms with Crippen molar-refractivity contribution in [3.8, 4) is 17.9 Å². The van der Waals surface area contributed by atoms with E-state index in [9.17, 15) is 15.6 Å². The summed E-state index contributed by atoms with van der Waals surface area (Å²) >= 11 is 0. The van der Waals surface area contributed by atoms with Crippen molar-refractivity contribution in [1.29, 1.82) is 10.5 Å². The Hall–Kier alpha value is -2.60. The summed E-state index contributed by atoms with van der Waals surface area (Å²) in [6.45, 7) is 18.6. The molecule has 176 valence electrons. The van der Waals surface area contributed by atoms with E-state index in [4.69, 9.17) is 4.43 Å². The minimum Gasteiger partial charge on any atom is -0.507 e. The molecule has 0 aliphatic rings. The van der Waals surface area contributed by atoms with E-state index in [1.807, 2.05) is 70.2 Å². The number of nitriles is 2. The molecule has 5 heteroatoms. The van der Waals surface area contributed by atoms with Gasteiger partial charge in [-0.05, 0) is 52.2 Å². The molecule has 0 saturated heterocycles. The predicted octanol–water partition coefficient (Wildman–Crippen LogP) is 7.58. The topological polar surface area (TPSA) is 77.0 Å². The monoisotopic (exact) mass is 462 g/mol. The Labute approximate surface area is 201 Å². The second-order valence-corrected chi connectivity index (χ2v) is 15.7. The SMILES string of the molecule is CC(C)c1cc([C@H](c2ccccc2)C(C#N)(C#N)O[Si](C)(C)C(C)(C)C)cc(C(C)C)c1O. The summed E-state index contributed by atoms with van der Waals surface area (Å²) in [6, 6.07) is 18.1. The molecule has 0 spiro atoms. The normalized spacial score (nSPS) is 13.6. The molecule has 4 nitrogen and oxygen atoms in total. The van der Waals surface area contributed by atoms with E-state index in [2.05, 4.69) is 46.0 Å². The van der Waals surface area contributed by atoms with Crippen LogP contribution in [-0.2, 0) is 4.43 Å². The van der Waals surface area contributed by atoms with Gasteiger partial charge in [0, 0.05) is 0 Å². The first-order chi connectivity index (χ1) is 15.2. The third-order valence-corrected chi connectivity index (χ3v) is 11.3. The number of aromatic hydroxyl groups is 1. The van der Waals surface area contributed by atoms with Crippen molar-refractivity contribution in [2.75, 3.05) is 0 Å². The molecule has 0 heterocycles. The molecule has 0 saturated carbocycles. The molecule has 0 bridgehead atoms. The summed E-state index contributed by atoms with van der Waals surface area (Å²) in [5.74, 6) is -0.170. The highest BCUT2D eigenvalue weighted by Crippen LogP contribution is 2.47. The highest BCUT2D eigenvalue weighted by Gasteiger charge is 2.51. The number of phenols is 1. The van der Waals surface area contributed by atoms with Crippen LogP contribution >= 0.6 is 0 Å². The minimum absolute atomic E-state index is 0.0822. The molecule has 0 aromatic heterocycles. The van der Waals surface area contributed by atoms with Gasteiger partial charge in [0.1, 0.15) is 17.9 Å². The Morgan fingerprint density at radius 3 is 1.67 bits per heavy atom. The molecule has 0 aliphatic carbocycles. The van der Waals surface area contributed by atoms with Gasteiger partial charge in [-0.25, -0.2) is 0 Å². The lowest BCUT2D eigenvalue weighted by atomic mass is 9.76. The minimum atomic E-state index is -2.49. The van der Waals surface area contributed by atoms with E-state index in [-0.39, 0.29) is 16.9 Å². The molecule has 2 aromatic carbocycles. The third-order valence-electron chi connectivity index (χ3n) is 6.86. The lowest BCUT2D eigenvalue weighted by Gasteiger charge is -2.43. The van der Waals surface area contributed by atoms with Crippen molar-refractivity contribution in [3.63, 3.8) is 0 Å². The second kappa shape index (κ2) is 9.72. The van der Waals surface area contributed by atoms with Crippen LogP contribution < -0.4 is 0 Å². The van der Waals surface area contributed by atoms with Gasteiger partial charge in [0.15, 0.2) is 8.32 Å². The summed E-state index contributed by atoms with van der Waals surface area (Å²) in [6.07, 6.45) is 0. The first-order valence-electron chi connectivity index (χ1n) is 11.6. The standard InChI is InChI=1S/C28H38N2O2Si/c1-19(2)23-15-22(16-24(20(3)4)26(23)31)25(21-13-11-10-12-14-21)28(17-29,18-30)32-33(8,9)27(5,6)7/h10-16,19-20,25,31H,1-9H3/t25-/m0/s1. The zero-order valence-corrected chi connectivity index (χ0v) is 22.5. The van der Waals surface area contributed by atoms with Crippen LogP contribution in [0.5, 0.6) is 5.75 Å². The van der Waals surface area contributed by atoms with Crippen molar-refractivity contribution < 1.29 is 9.53 Å². The van der Waals surface area contributed by atoms with Crippen LogP contribution in [0, 0.1) is 22.7 Å². The Kier molecular flexibility index (Phi) is 7.84. The largest absolute Gasteiger partial charge is 0.507 e. The van der Waals surface area contributed by atoms with Crippen LogP contribution in [0.1, 0.15) is 88.5 Å². The smallest absolute Gasteiger partial charge is 0.243 e. The molecule has 2 aromatic rings. The molecule has 1 atom stereocenters. The summed E-state index contributed by atoms with van der Waals surface area (Å²) in [7, 11) is -2.49. The van der Waals surface area contributed by atoms with Crippen LogP contribution in [0.4, 0.5) is 0 Å². The van der Waals surface area contributed by atoms with Crippen molar-refractivity contribution in [2.45, 2.75) is 90.0 Å². The lowest BCUT2D eigenvalue weighted by Crippen LogP contribution is -2.51. The van der Waals surface area contributed by atoms with Crippen molar-refractivity contribution in [3.05, 3.63) is 64.7 Å². The quantitative estimate of drug-likeness (QED) is 0.430. The second-order valence-electron chi connectivity index (χ2n) is 11.0. The Bertz CT molecular complexity index is 1010. The van der Waals surface area contributed by atoms with E-state index in [1.54, 1.807) is 0 Å². The molecule has 0 fully saturated rings. The molecule has 0 unspecified atom stereocenters. The van der Waals surface area contributed by atoms with Crippen LogP contribution in [0.15, 0.2) is 42.5 Å². The van der Waals surface area contributed by atoms with E-state index in [0.29, 0.717) is 5.75 Å². The predicted molar refractivity (Wildman–Crippen MR) is 137 cm³/mol. The van der Waals surface area contributed by atoms with Crippen LogP contribution in [0.25, 0.3) is 0 Å². The van der Waals surface area contributed by atoms with Gasteiger partial charge in [0.25, 0.3) is 0 Å². The molecule has 0 amide bonds. The van der Waals surface area contributed by atoms with Crippen LogP contribution in [-0.4, -0.2) is 19.0 Å². The molecule has 33 heavy (non-hydrogen) atoms. The molecule has 1 N–H and O–H groups in total. The van der Waals surface area contributed by atoms with Crippen LogP contribution in [0.3, 0.4) is 0 Å². The van der Waals surface area contributed by atoms with Crippen molar-refractivity contribution in [2.24, 2.45) is 0 Å². The summed E-state index contributed by atoms with van der Waals surface area (Å²) in [5.41, 5.74) is 1.58. The number of phenolic OH excluding ortho intramolecular Hbond substituents is 1. The summed E-state index contributed by atoms with van der Waals surface area (Å²) < 4.78 is 6.64. The first-order valence-corrected chi connectivity index (χ1v) is 14.6. The zero-order valence-electron chi connectivity index (χ0n) is 21.5. The average molecular weight is 463 g/mol. The summed E-state index contributed by atoms with van der Waals surface area (Å²) in [5, 5.41) is 31.8. The van der Waals surface area contributed by atoms with Gasteiger partial charge < -0.3 is 9.53 Å². The maximum Gasteiger partial charge on any atom is 0.243 e.